The highest BCUT2D eigenvalue weighted by Gasteiger charge is 2.41. The van der Waals surface area contributed by atoms with Crippen molar-refractivity contribution < 1.29 is 18.3 Å². The van der Waals surface area contributed by atoms with Crippen LogP contribution in [0.25, 0.3) is 0 Å². The van der Waals surface area contributed by atoms with Crippen molar-refractivity contribution in [3.05, 3.63) is 0 Å². The Morgan fingerprint density at radius 2 is 2.21 bits per heavy atom. The monoisotopic (exact) mass is 291 g/mol. The third-order valence-corrected chi connectivity index (χ3v) is 3.99. The summed E-state index contributed by atoms with van der Waals surface area (Å²) in [6.45, 7) is 4.61. The summed E-state index contributed by atoms with van der Waals surface area (Å²) < 4.78 is 29.7. The van der Waals surface area contributed by atoms with Crippen LogP contribution in [0.4, 0.5) is 4.79 Å². The minimum Gasteiger partial charge on any atom is -0.760 e. The molecule has 0 aromatic rings. The topological polar surface area (TPSA) is 81.7 Å². The predicted molar refractivity (Wildman–Crippen MR) is 71.9 cm³/mol. The fourth-order valence-corrected chi connectivity index (χ4v) is 3.17. The van der Waals surface area contributed by atoms with Crippen LogP contribution in [-0.4, -0.2) is 38.6 Å². The molecule has 0 aromatic heterocycles. The van der Waals surface area contributed by atoms with E-state index < -0.39 is 23.0 Å². The van der Waals surface area contributed by atoms with Crippen molar-refractivity contribution in [1.29, 1.82) is 0 Å². The summed E-state index contributed by atoms with van der Waals surface area (Å²) in [4.78, 5) is 13.6. The number of ether oxygens (including phenoxy) is 1. The first kappa shape index (κ1) is 16.4. The SMILES string of the molecule is CCCCC1(NS(=O)[O-])CCCCN1C(=O)OCC. The molecule has 1 rings (SSSR count). The van der Waals surface area contributed by atoms with Gasteiger partial charge in [-0.05, 0) is 39.0 Å². The zero-order chi connectivity index (χ0) is 14.3. The zero-order valence-electron chi connectivity index (χ0n) is 11.6. The van der Waals surface area contributed by atoms with Crippen molar-refractivity contribution in [1.82, 2.24) is 9.62 Å². The number of hydrogen-bond donors (Lipinski definition) is 1. The number of nitrogens with one attached hydrogen (secondary N) is 1. The molecule has 0 aliphatic carbocycles. The van der Waals surface area contributed by atoms with E-state index in [1.165, 1.54) is 0 Å². The third kappa shape index (κ3) is 4.43. The smallest absolute Gasteiger partial charge is 0.411 e. The molecule has 7 heteroatoms. The van der Waals surface area contributed by atoms with Crippen molar-refractivity contribution >= 4 is 17.4 Å². The molecule has 0 spiro atoms. The van der Waals surface area contributed by atoms with Gasteiger partial charge in [-0.1, -0.05) is 13.3 Å². The molecule has 1 aliphatic rings. The largest absolute Gasteiger partial charge is 0.760 e. The molecule has 0 radical (unpaired) electrons. The van der Waals surface area contributed by atoms with E-state index in [1.807, 2.05) is 6.92 Å². The first-order chi connectivity index (χ1) is 9.05. The minimum absolute atomic E-state index is 0.291. The van der Waals surface area contributed by atoms with E-state index in [4.69, 9.17) is 4.74 Å². The first-order valence-corrected chi connectivity index (χ1v) is 7.94. The summed E-state index contributed by atoms with van der Waals surface area (Å²) in [7, 11) is 0. The van der Waals surface area contributed by atoms with Crippen molar-refractivity contribution in [2.75, 3.05) is 13.2 Å². The Morgan fingerprint density at radius 3 is 2.79 bits per heavy atom. The molecule has 1 aliphatic heterocycles. The molecule has 6 nitrogen and oxygen atoms in total. The van der Waals surface area contributed by atoms with Gasteiger partial charge in [-0.2, -0.15) is 0 Å². The second-order valence-electron chi connectivity index (χ2n) is 4.78. The van der Waals surface area contributed by atoms with Gasteiger partial charge in [-0.15, -0.1) is 0 Å². The van der Waals surface area contributed by atoms with Crippen LogP contribution in [0.5, 0.6) is 0 Å². The highest BCUT2D eigenvalue weighted by molar-refractivity contribution is 7.77. The maximum atomic E-state index is 12.0. The molecule has 0 aromatic carbocycles. The Kier molecular flexibility index (Phi) is 6.74. The summed E-state index contributed by atoms with van der Waals surface area (Å²) >= 11 is -2.40. The number of likely N-dealkylation sites (tertiary alicyclic amines) is 1. The van der Waals surface area contributed by atoms with Crippen LogP contribution in [0.15, 0.2) is 0 Å². The molecule has 1 N–H and O–H groups in total. The molecule has 2 unspecified atom stereocenters. The predicted octanol–water partition coefficient (Wildman–Crippen LogP) is 1.90. The number of piperidine rings is 1. The van der Waals surface area contributed by atoms with Crippen molar-refractivity contribution in [3.8, 4) is 0 Å². The van der Waals surface area contributed by atoms with Gasteiger partial charge in [0.1, 0.15) is 5.66 Å². The number of rotatable bonds is 6. The lowest BCUT2D eigenvalue weighted by Crippen LogP contribution is -2.63. The summed E-state index contributed by atoms with van der Waals surface area (Å²) in [6, 6.07) is 0. The fraction of sp³-hybridized carbons (Fsp3) is 0.917. The van der Waals surface area contributed by atoms with E-state index >= 15 is 0 Å². The number of amides is 1. The van der Waals surface area contributed by atoms with E-state index in [-0.39, 0.29) is 0 Å². The average Bonchev–Trinajstić information content (AvgIpc) is 2.36. The van der Waals surface area contributed by atoms with E-state index in [9.17, 15) is 13.6 Å². The van der Waals surface area contributed by atoms with Crippen LogP contribution in [0.2, 0.25) is 0 Å². The lowest BCUT2D eigenvalue weighted by Gasteiger charge is -2.47. The quantitative estimate of drug-likeness (QED) is 0.758. The van der Waals surface area contributed by atoms with E-state index in [1.54, 1.807) is 11.8 Å². The van der Waals surface area contributed by atoms with Crippen molar-refractivity contribution in [2.24, 2.45) is 0 Å². The lowest BCUT2D eigenvalue weighted by atomic mass is 9.91. The molecule has 1 heterocycles. The Hall–Kier alpha value is -0.660. The minimum atomic E-state index is -2.40. The van der Waals surface area contributed by atoms with Crippen molar-refractivity contribution in [3.63, 3.8) is 0 Å². The van der Waals surface area contributed by atoms with Crippen LogP contribution in [0.3, 0.4) is 0 Å². The van der Waals surface area contributed by atoms with Crippen LogP contribution < -0.4 is 4.72 Å². The number of unbranched alkanes of at least 4 members (excludes halogenated alkanes) is 1. The maximum absolute atomic E-state index is 12.0. The number of carbonyl (C=O) groups is 1. The fourth-order valence-electron chi connectivity index (χ4n) is 2.55. The molecule has 1 saturated heterocycles. The average molecular weight is 291 g/mol. The molecular formula is C12H23N2O4S-. The number of carbonyl (C=O) groups excluding carboxylic acids is 1. The zero-order valence-corrected chi connectivity index (χ0v) is 12.5. The molecule has 112 valence electrons. The second-order valence-corrected chi connectivity index (χ2v) is 5.45. The van der Waals surface area contributed by atoms with Crippen LogP contribution in [0.1, 0.15) is 52.4 Å². The van der Waals surface area contributed by atoms with Crippen LogP contribution in [0, 0.1) is 0 Å². The van der Waals surface area contributed by atoms with Gasteiger partial charge in [0, 0.05) is 17.8 Å². The molecule has 0 bridgehead atoms. The van der Waals surface area contributed by atoms with Crippen LogP contribution >= 0.6 is 0 Å². The summed E-state index contributed by atoms with van der Waals surface area (Å²) in [5.74, 6) is 0. The maximum Gasteiger partial charge on any atom is 0.411 e. The van der Waals surface area contributed by atoms with E-state index in [0.717, 1.165) is 25.7 Å². The van der Waals surface area contributed by atoms with Gasteiger partial charge in [0.05, 0.1) is 6.61 Å². The van der Waals surface area contributed by atoms with Gasteiger partial charge in [-0.3, -0.25) is 9.11 Å². The summed E-state index contributed by atoms with van der Waals surface area (Å²) in [5.41, 5.74) is -0.812. The lowest BCUT2D eigenvalue weighted by molar-refractivity contribution is 0.0164. The standard InChI is InChI=1S/C12H24N2O4S/c1-3-5-8-12(13-19(16)17)9-6-7-10-14(12)11(15)18-4-2/h13H,3-10H2,1-2H3,(H,16,17)/p-1. The number of nitrogens with zero attached hydrogens (tertiary/aromatic N) is 1. The summed E-state index contributed by atoms with van der Waals surface area (Å²) in [5, 5.41) is 0. The van der Waals surface area contributed by atoms with E-state index in [0.29, 0.717) is 26.0 Å². The van der Waals surface area contributed by atoms with Crippen molar-refractivity contribution in [2.45, 2.75) is 58.0 Å². The number of hydrogen-bond acceptors (Lipinski definition) is 4. The molecule has 19 heavy (non-hydrogen) atoms. The van der Waals surface area contributed by atoms with E-state index in [2.05, 4.69) is 4.72 Å². The molecule has 2 atom stereocenters. The first-order valence-electron chi connectivity index (χ1n) is 6.87. The Labute approximate surface area is 117 Å². The van der Waals surface area contributed by atoms with Gasteiger partial charge in [0.15, 0.2) is 0 Å². The molecule has 1 amide bonds. The Morgan fingerprint density at radius 1 is 1.47 bits per heavy atom. The van der Waals surface area contributed by atoms with Gasteiger partial charge in [0.2, 0.25) is 0 Å². The molecule has 1 fully saturated rings. The van der Waals surface area contributed by atoms with Gasteiger partial charge < -0.3 is 9.29 Å². The summed E-state index contributed by atoms with van der Waals surface area (Å²) in [6.07, 6.45) is 4.42. The highest BCUT2D eigenvalue weighted by Crippen LogP contribution is 2.31. The Bertz CT molecular complexity index is 327. The third-order valence-electron chi connectivity index (χ3n) is 3.44. The molecule has 0 saturated carbocycles. The second kappa shape index (κ2) is 7.81. The molecular weight excluding hydrogens is 268 g/mol. The normalized spacial score (nSPS) is 25.1. The van der Waals surface area contributed by atoms with Gasteiger partial charge in [0.25, 0.3) is 0 Å². The Balaban J connectivity index is 2.91. The van der Waals surface area contributed by atoms with Crippen LogP contribution in [-0.2, 0) is 16.0 Å². The van der Waals surface area contributed by atoms with Gasteiger partial charge >= 0.3 is 6.09 Å². The van der Waals surface area contributed by atoms with Gasteiger partial charge in [-0.25, -0.2) is 9.52 Å². The highest BCUT2D eigenvalue weighted by atomic mass is 32.2.